The van der Waals surface area contributed by atoms with E-state index in [1.165, 1.54) is 19.1 Å². The van der Waals surface area contributed by atoms with Gasteiger partial charge in [-0.05, 0) is 49.8 Å². The molecule has 0 radical (unpaired) electrons. The van der Waals surface area contributed by atoms with Gasteiger partial charge < -0.3 is 15.4 Å². The molecule has 1 saturated carbocycles. The molecule has 136 valence electrons. The van der Waals surface area contributed by atoms with E-state index in [4.69, 9.17) is 4.74 Å². The average Bonchev–Trinajstić information content (AvgIpc) is 3.03. The Hall–Kier alpha value is -2.11. The molecule has 1 heterocycles. The molecule has 25 heavy (non-hydrogen) atoms. The van der Waals surface area contributed by atoms with Crippen molar-refractivity contribution in [1.29, 1.82) is 0 Å². The highest BCUT2D eigenvalue weighted by molar-refractivity contribution is 5.87. The van der Waals surface area contributed by atoms with Gasteiger partial charge in [-0.3, -0.25) is 9.59 Å². The maximum Gasteiger partial charge on any atom is 0.243 e. The van der Waals surface area contributed by atoms with Crippen LogP contribution in [0.15, 0.2) is 18.2 Å². The lowest BCUT2D eigenvalue weighted by Gasteiger charge is -2.26. The number of halogens is 1. The minimum atomic E-state index is -0.527. The Labute approximate surface area is 147 Å². The number of amides is 2. The Morgan fingerprint density at radius 1 is 1.20 bits per heavy atom. The number of carbonyl (C=O) groups excluding carboxylic acids is 2. The predicted molar refractivity (Wildman–Crippen MR) is 91.6 cm³/mol. The molecule has 0 bridgehead atoms. The van der Waals surface area contributed by atoms with Crippen molar-refractivity contribution in [2.45, 2.75) is 57.5 Å². The van der Waals surface area contributed by atoms with Crippen LogP contribution in [0.4, 0.5) is 4.39 Å². The van der Waals surface area contributed by atoms with Gasteiger partial charge in [-0.15, -0.1) is 0 Å². The SMILES string of the molecule is CC(=O)NC(C(=O)NC1CCCOc2ccc(F)cc21)C1CCCC1. The summed E-state index contributed by atoms with van der Waals surface area (Å²) in [6.07, 6.45) is 5.50. The van der Waals surface area contributed by atoms with Crippen molar-refractivity contribution < 1.29 is 18.7 Å². The van der Waals surface area contributed by atoms with Gasteiger partial charge in [0.05, 0.1) is 12.6 Å². The predicted octanol–water partition coefficient (Wildman–Crippen LogP) is 2.85. The summed E-state index contributed by atoms with van der Waals surface area (Å²) >= 11 is 0. The summed E-state index contributed by atoms with van der Waals surface area (Å²) in [5, 5.41) is 5.83. The number of rotatable bonds is 4. The van der Waals surface area contributed by atoms with Crippen LogP contribution in [0.5, 0.6) is 5.75 Å². The quantitative estimate of drug-likeness (QED) is 0.879. The highest BCUT2D eigenvalue weighted by Gasteiger charge is 2.33. The van der Waals surface area contributed by atoms with Crippen LogP contribution in [0.3, 0.4) is 0 Å². The maximum atomic E-state index is 13.7. The van der Waals surface area contributed by atoms with Crippen LogP contribution in [0.2, 0.25) is 0 Å². The monoisotopic (exact) mass is 348 g/mol. The van der Waals surface area contributed by atoms with Gasteiger partial charge in [0.1, 0.15) is 17.6 Å². The third-order valence-corrected chi connectivity index (χ3v) is 5.07. The van der Waals surface area contributed by atoms with E-state index >= 15 is 0 Å². The van der Waals surface area contributed by atoms with E-state index in [0.29, 0.717) is 24.3 Å². The molecular formula is C19H25FN2O3. The molecule has 0 spiro atoms. The highest BCUT2D eigenvalue weighted by atomic mass is 19.1. The molecule has 2 N–H and O–H groups in total. The van der Waals surface area contributed by atoms with Crippen LogP contribution in [0.1, 0.15) is 57.1 Å². The Bertz CT molecular complexity index is 644. The molecule has 3 rings (SSSR count). The first-order valence-electron chi connectivity index (χ1n) is 9.04. The molecule has 0 saturated heterocycles. The first-order chi connectivity index (χ1) is 12.0. The summed E-state index contributed by atoms with van der Waals surface area (Å²) in [6, 6.07) is 3.56. The van der Waals surface area contributed by atoms with Crippen LogP contribution in [-0.4, -0.2) is 24.5 Å². The van der Waals surface area contributed by atoms with E-state index in [-0.39, 0.29) is 29.6 Å². The van der Waals surface area contributed by atoms with Gasteiger partial charge in [0.25, 0.3) is 0 Å². The van der Waals surface area contributed by atoms with Crippen LogP contribution >= 0.6 is 0 Å². The molecule has 1 fully saturated rings. The van der Waals surface area contributed by atoms with Gasteiger partial charge in [-0.25, -0.2) is 4.39 Å². The lowest BCUT2D eigenvalue weighted by atomic mass is 9.95. The number of ether oxygens (including phenoxy) is 1. The normalized spacial score (nSPS) is 21.6. The molecule has 2 amide bonds. The zero-order chi connectivity index (χ0) is 17.8. The number of fused-ring (bicyclic) bond motifs is 1. The number of carbonyl (C=O) groups is 2. The fraction of sp³-hybridized carbons (Fsp3) is 0.579. The fourth-order valence-corrected chi connectivity index (χ4v) is 3.87. The van der Waals surface area contributed by atoms with E-state index in [0.717, 1.165) is 32.1 Å². The van der Waals surface area contributed by atoms with Gasteiger partial charge in [0.15, 0.2) is 0 Å². The Balaban J connectivity index is 1.78. The first kappa shape index (κ1) is 17.7. The molecule has 1 aromatic rings. The van der Waals surface area contributed by atoms with E-state index in [1.54, 1.807) is 6.07 Å². The second kappa shape index (κ2) is 7.85. The number of benzene rings is 1. The van der Waals surface area contributed by atoms with E-state index in [2.05, 4.69) is 10.6 Å². The van der Waals surface area contributed by atoms with Crippen LogP contribution < -0.4 is 15.4 Å². The molecule has 1 aliphatic carbocycles. The van der Waals surface area contributed by atoms with E-state index < -0.39 is 6.04 Å². The largest absolute Gasteiger partial charge is 0.493 e. The molecule has 5 nitrogen and oxygen atoms in total. The van der Waals surface area contributed by atoms with E-state index in [1.807, 2.05) is 0 Å². The lowest BCUT2D eigenvalue weighted by Crippen LogP contribution is -2.50. The number of nitrogens with one attached hydrogen (secondary N) is 2. The summed E-state index contributed by atoms with van der Waals surface area (Å²) in [5.74, 6) is 0.0312. The standard InChI is InChI=1S/C19H25FN2O3/c1-12(23)21-18(13-5-2-3-6-13)19(24)22-16-7-4-10-25-17-9-8-14(20)11-15(16)17/h8-9,11,13,16,18H,2-7,10H2,1H3,(H,21,23)(H,22,24). The summed E-state index contributed by atoms with van der Waals surface area (Å²) in [5.41, 5.74) is 0.666. The summed E-state index contributed by atoms with van der Waals surface area (Å²) in [7, 11) is 0. The molecule has 0 aromatic heterocycles. The van der Waals surface area contributed by atoms with Crippen LogP contribution in [0.25, 0.3) is 0 Å². The smallest absolute Gasteiger partial charge is 0.243 e. The van der Waals surface area contributed by atoms with Crippen molar-refractivity contribution >= 4 is 11.8 Å². The Morgan fingerprint density at radius 2 is 1.96 bits per heavy atom. The van der Waals surface area contributed by atoms with Crippen LogP contribution in [0, 0.1) is 11.7 Å². The first-order valence-corrected chi connectivity index (χ1v) is 9.04. The lowest BCUT2D eigenvalue weighted by molar-refractivity contribution is -0.130. The minimum absolute atomic E-state index is 0.165. The van der Waals surface area contributed by atoms with Crippen molar-refractivity contribution in [2.24, 2.45) is 5.92 Å². The number of hydrogen-bond acceptors (Lipinski definition) is 3. The highest BCUT2D eigenvalue weighted by Crippen LogP contribution is 2.33. The van der Waals surface area contributed by atoms with Gasteiger partial charge in [0.2, 0.25) is 11.8 Å². The van der Waals surface area contributed by atoms with Crippen molar-refractivity contribution in [2.75, 3.05) is 6.61 Å². The van der Waals surface area contributed by atoms with Crippen molar-refractivity contribution in [3.63, 3.8) is 0 Å². The molecule has 2 aliphatic rings. The molecule has 2 unspecified atom stereocenters. The summed E-state index contributed by atoms with van der Waals surface area (Å²) in [4.78, 5) is 24.4. The zero-order valence-corrected chi connectivity index (χ0v) is 14.5. The van der Waals surface area contributed by atoms with Crippen molar-refractivity contribution in [3.8, 4) is 5.75 Å². The summed E-state index contributed by atoms with van der Waals surface area (Å²) < 4.78 is 19.3. The maximum absolute atomic E-state index is 13.7. The number of hydrogen-bond donors (Lipinski definition) is 2. The zero-order valence-electron chi connectivity index (χ0n) is 14.5. The molecule has 1 aromatic carbocycles. The van der Waals surface area contributed by atoms with Gasteiger partial charge in [-0.1, -0.05) is 12.8 Å². The Kier molecular flexibility index (Phi) is 5.56. The van der Waals surface area contributed by atoms with Crippen molar-refractivity contribution in [3.05, 3.63) is 29.6 Å². The van der Waals surface area contributed by atoms with Gasteiger partial charge in [-0.2, -0.15) is 0 Å². The fourth-order valence-electron chi connectivity index (χ4n) is 3.87. The third-order valence-electron chi connectivity index (χ3n) is 5.07. The summed E-state index contributed by atoms with van der Waals surface area (Å²) in [6.45, 7) is 1.97. The van der Waals surface area contributed by atoms with Crippen LogP contribution in [-0.2, 0) is 9.59 Å². The molecule has 2 atom stereocenters. The van der Waals surface area contributed by atoms with Crippen molar-refractivity contribution in [1.82, 2.24) is 10.6 Å². The molecule has 1 aliphatic heterocycles. The average molecular weight is 348 g/mol. The molecule has 6 heteroatoms. The minimum Gasteiger partial charge on any atom is -0.493 e. The second-order valence-electron chi connectivity index (χ2n) is 6.96. The Morgan fingerprint density at radius 3 is 2.68 bits per heavy atom. The molecular weight excluding hydrogens is 323 g/mol. The topological polar surface area (TPSA) is 67.4 Å². The van der Waals surface area contributed by atoms with Gasteiger partial charge in [0, 0.05) is 12.5 Å². The third kappa shape index (κ3) is 4.30. The van der Waals surface area contributed by atoms with Gasteiger partial charge >= 0.3 is 0 Å². The van der Waals surface area contributed by atoms with E-state index in [9.17, 15) is 14.0 Å². The second-order valence-corrected chi connectivity index (χ2v) is 6.96.